The number of amides is 2. The second-order valence-electron chi connectivity index (χ2n) is 7.96. The minimum Gasteiger partial charge on any atom is -0.445 e. The van der Waals surface area contributed by atoms with Crippen LogP contribution in [-0.2, 0) is 16.1 Å². The number of ether oxygens (including phenoxy) is 1. The topological polar surface area (TPSA) is 58.6 Å². The van der Waals surface area contributed by atoms with E-state index in [2.05, 4.69) is 5.32 Å². The molecule has 4 rings (SSSR count). The SMILES string of the molecule is CC(=O)N1c2ccc(F)cc2[C@H](NC(=O)OCc2ccccc2)[C@@H](C)[C@@H]1C1CC1. The zero-order valence-corrected chi connectivity index (χ0v) is 16.6. The molecule has 5 nitrogen and oxygen atoms in total. The number of fused-ring (bicyclic) bond motifs is 1. The Kier molecular flexibility index (Phi) is 5.26. The molecular weight excluding hydrogens is 371 g/mol. The van der Waals surface area contributed by atoms with Crippen molar-refractivity contribution >= 4 is 17.7 Å². The number of alkyl carbamates (subject to hydrolysis) is 1. The Labute approximate surface area is 169 Å². The van der Waals surface area contributed by atoms with E-state index in [0.717, 1.165) is 18.4 Å². The van der Waals surface area contributed by atoms with Gasteiger partial charge >= 0.3 is 6.09 Å². The van der Waals surface area contributed by atoms with Crippen molar-refractivity contribution in [1.82, 2.24) is 5.32 Å². The van der Waals surface area contributed by atoms with Gasteiger partial charge in [0.2, 0.25) is 5.91 Å². The normalized spacial score (nSPS) is 23.3. The van der Waals surface area contributed by atoms with E-state index in [4.69, 9.17) is 4.74 Å². The second-order valence-corrected chi connectivity index (χ2v) is 7.96. The standard InChI is InChI=1S/C23H25FN2O3/c1-14-21(25-23(28)29-13-16-6-4-3-5-7-16)19-12-18(24)10-11-20(19)26(15(2)27)22(14)17-8-9-17/h3-7,10-12,14,17,21-22H,8-9,13H2,1-2H3,(H,25,28)/t14-,21-,22-/m1/s1. The number of nitrogens with zero attached hydrogens (tertiary/aromatic N) is 1. The van der Waals surface area contributed by atoms with Crippen molar-refractivity contribution in [3.8, 4) is 0 Å². The number of benzene rings is 2. The van der Waals surface area contributed by atoms with Crippen LogP contribution in [0.15, 0.2) is 48.5 Å². The third-order valence-electron chi connectivity index (χ3n) is 5.88. The quantitative estimate of drug-likeness (QED) is 0.823. The number of carbonyl (C=O) groups is 2. The summed E-state index contributed by atoms with van der Waals surface area (Å²) in [5, 5.41) is 2.93. The van der Waals surface area contributed by atoms with Crippen LogP contribution in [0.1, 0.15) is 43.9 Å². The van der Waals surface area contributed by atoms with Crippen molar-refractivity contribution < 1.29 is 18.7 Å². The number of carbonyl (C=O) groups excluding carboxylic acids is 2. The number of hydrogen-bond donors (Lipinski definition) is 1. The third kappa shape index (κ3) is 3.97. The molecule has 1 saturated carbocycles. The Balaban J connectivity index is 1.59. The third-order valence-corrected chi connectivity index (χ3v) is 5.88. The summed E-state index contributed by atoms with van der Waals surface area (Å²) in [6.07, 6.45) is 1.56. The van der Waals surface area contributed by atoms with Crippen molar-refractivity contribution in [3.63, 3.8) is 0 Å². The van der Waals surface area contributed by atoms with E-state index >= 15 is 0 Å². The van der Waals surface area contributed by atoms with E-state index in [1.54, 1.807) is 11.0 Å². The van der Waals surface area contributed by atoms with E-state index in [1.165, 1.54) is 19.1 Å². The van der Waals surface area contributed by atoms with Crippen LogP contribution in [-0.4, -0.2) is 18.0 Å². The van der Waals surface area contributed by atoms with Gasteiger partial charge in [-0.25, -0.2) is 9.18 Å². The van der Waals surface area contributed by atoms with Gasteiger partial charge in [-0.3, -0.25) is 4.79 Å². The lowest BCUT2D eigenvalue weighted by Crippen LogP contribution is -2.53. The highest BCUT2D eigenvalue weighted by Gasteiger charge is 2.48. The van der Waals surface area contributed by atoms with E-state index in [0.29, 0.717) is 17.2 Å². The Morgan fingerprint density at radius 1 is 1.17 bits per heavy atom. The lowest BCUT2D eigenvalue weighted by molar-refractivity contribution is -0.117. The van der Waals surface area contributed by atoms with Gasteiger partial charge < -0.3 is 15.0 Å². The summed E-state index contributed by atoms with van der Waals surface area (Å²) in [4.78, 5) is 26.8. The van der Waals surface area contributed by atoms with Crippen LogP contribution in [0.25, 0.3) is 0 Å². The van der Waals surface area contributed by atoms with Gasteiger partial charge in [-0.05, 0) is 42.5 Å². The molecule has 0 radical (unpaired) electrons. The molecule has 6 heteroatoms. The summed E-state index contributed by atoms with van der Waals surface area (Å²) >= 11 is 0. The Bertz CT molecular complexity index is 914. The van der Waals surface area contributed by atoms with Gasteiger partial charge in [-0.1, -0.05) is 37.3 Å². The summed E-state index contributed by atoms with van der Waals surface area (Å²) in [5.41, 5.74) is 2.17. The van der Waals surface area contributed by atoms with Crippen molar-refractivity contribution in [1.29, 1.82) is 0 Å². The fourth-order valence-corrected chi connectivity index (χ4v) is 4.43. The van der Waals surface area contributed by atoms with Crippen molar-refractivity contribution in [3.05, 3.63) is 65.5 Å². The molecule has 3 atom stereocenters. The molecule has 2 aromatic carbocycles. The van der Waals surface area contributed by atoms with Gasteiger partial charge in [0.25, 0.3) is 0 Å². The number of nitrogens with one attached hydrogen (secondary N) is 1. The van der Waals surface area contributed by atoms with Crippen LogP contribution in [0.3, 0.4) is 0 Å². The first kappa shape index (κ1) is 19.4. The van der Waals surface area contributed by atoms with Crippen molar-refractivity contribution in [2.24, 2.45) is 11.8 Å². The molecule has 0 spiro atoms. The first-order valence-corrected chi connectivity index (χ1v) is 10.0. The van der Waals surface area contributed by atoms with Crippen LogP contribution in [0.5, 0.6) is 0 Å². The maximum Gasteiger partial charge on any atom is 0.407 e. The van der Waals surface area contributed by atoms with Crippen LogP contribution >= 0.6 is 0 Å². The van der Waals surface area contributed by atoms with Crippen LogP contribution < -0.4 is 10.2 Å². The lowest BCUT2D eigenvalue weighted by atomic mass is 9.80. The number of halogens is 1. The smallest absolute Gasteiger partial charge is 0.407 e. The average molecular weight is 396 g/mol. The van der Waals surface area contributed by atoms with E-state index in [9.17, 15) is 14.0 Å². The number of rotatable bonds is 4. The second kappa shape index (κ2) is 7.85. The molecule has 0 aromatic heterocycles. The Morgan fingerprint density at radius 2 is 1.90 bits per heavy atom. The van der Waals surface area contributed by atoms with Crippen LogP contribution in [0.2, 0.25) is 0 Å². The fourth-order valence-electron chi connectivity index (χ4n) is 4.43. The largest absolute Gasteiger partial charge is 0.445 e. The molecule has 1 aliphatic carbocycles. The van der Waals surface area contributed by atoms with Crippen molar-refractivity contribution in [2.45, 2.75) is 45.4 Å². The highest BCUT2D eigenvalue weighted by molar-refractivity contribution is 5.94. The van der Waals surface area contributed by atoms with Crippen LogP contribution in [0, 0.1) is 17.7 Å². The van der Waals surface area contributed by atoms with Gasteiger partial charge in [0.15, 0.2) is 0 Å². The predicted octanol–water partition coefficient (Wildman–Crippen LogP) is 4.57. The summed E-state index contributed by atoms with van der Waals surface area (Å²) < 4.78 is 19.4. The summed E-state index contributed by atoms with van der Waals surface area (Å²) in [6, 6.07) is 13.4. The molecule has 1 aliphatic heterocycles. The first-order valence-electron chi connectivity index (χ1n) is 10.0. The zero-order valence-electron chi connectivity index (χ0n) is 16.6. The molecule has 0 unspecified atom stereocenters. The van der Waals surface area contributed by atoms with E-state index < -0.39 is 18.0 Å². The monoisotopic (exact) mass is 396 g/mol. The zero-order chi connectivity index (χ0) is 20.5. The van der Waals surface area contributed by atoms with Crippen molar-refractivity contribution in [2.75, 3.05) is 4.90 Å². The molecule has 1 heterocycles. The summed E-state index contributed by atoms with van der Waals surface area (Å²) in [7, 11) is 0. The molecule has 0 saturated heterocycles. The van der Waals surface area contributed by atoms with Gasteiger partial charge in [0.05, 0.1) is 6.04 Å². The molecule has 29 heavy (non-hydrogen) atoms. The molecule has 2 amide bonds. The maximum atomic E-state index is 14.1. The number of hydrogen-bond acceptors (Lipinski definition) is 3. The lowest BCUT2D eigenvalue weighted by Gasteiger charge is -2.45. The maximum absolute atomic E-state index is 14.1. The minimum absolute atomic E-state index is 0.0233. The average Bonchev–Trinajstić information content (AvgIpc) is 3.53. The highest BCUT2D eigenvalue weighted by Crippen LogP contribution is 2.49. The highest BCUT2D eigenvalue weighted by atomic mass is 19.1. The molecule has 2 aromatic rings. The molecule has 152 valence electrons. The molecule has 0 bridgehead atoms. The Hall–Kier alpha value is -2.89. The molecule has 1 fully saturated rings. The molecule has 1 N–H and O–H groups in total. The first-order chi connectivity index (χ1) is 14.0. The number of anilines is 1. The fraction of sp³-hybridized carbons (Fsp3) is 0.391. The predicted molar refractivity (Wildman–Crippen MR) is 108 cm³/mol. The van der Waals surface area contributed by atoms with E-state index in [-0.39, 0.29) is 24.5 Å². The summed E-state index contributed by atoms with van der Waals surface area (Å²) in [6.45, 7) is 3.71. The van der Waals surface area contributed by atoms with Crippen LogP contribution in [0.4, 0.5) is 14.9 Å². The molecule has 2 aliphatic rings. The Morgan fingerprint density at radius 3 is 2.55 bits per heavy atom. The minimum atomic E-state index is -0.549. The summed E-state index contributed by atoms with van der Waals surface area (Å²) in [5.74, 6) is -0.123. The van der Waals surface area contributed by atoms with Gasteiger partial charge in [-0.2, -0.15) is 0 Å². The van der Waals surface area contributed by atoms with Gasteiger partial charge in [-0.15, -0.1) is 0 Å². The van der Waals surface area contributed by atoms with Gasteiger partial charge in [0, 0.05) is 30.1 Å². The molecular formula is C23H25FN2O3. The van der Waals surface area contributed by atoms with Gasteiger partial charge in [0.1, 0.15) is 12.4 Å². The van der Waals surface area contributed by atoms with E-state index in [1.807, 2.05) is 37.3 Å².